The molecule has 0 atom stereocenters. The first kappa shape index (κ1) is 23.4. The molecule has 0 aliphatic carbocycles. The first-order valence-electron chi connectivity index (χ1n) is 10.3. The maximum atomic E-state index is 12.7. The first-order chi connectivity index (χ1) is 15.8. The Kier molecular flexibility index (Phi) is 7.08. The van der Waals surface area contributed by atoms with E-state index in [1.54, 1.807) is 12.1 Å². The van der Waals surface area contributed by atoms with Crippen molar-refractivity contribution in [2.45, 2.75) is 25.9 Å². The summed E-state index contributed by atoms with van der Waals surface area (Å²) in [5, 5.41) is 13.4. The van der Waals surface area contributed by atoms with Crippen LogP contribution in [0.15, 0.2) is 65.8 Å². The Hall–Kier alpha value is -2.80. The van der Waals surface area contributed by atoms with Crippen LogP contribution in [-0.2, 0) is 4.79 Å². The lowest BCUT2D eigenvalue weighted by Crippen LogP contribution is -2.15. The standard InChI is InChI=1S/C25H22Cl2N4OS/c1-15-5-4-6-19(12-15)31-24(20-9-8-18(26)13-21(20)27)29-30-25(31)33-14-23(32)28-22-10-7-16(2)11-17(22)3/h4-13H,14H2,1-3H3,(H,28,32). The second kappa shape index (κ2) is 10.00. The summed E-state index contributed by atoms with van der Waals surface area (Å²) in [4.78, 5) is 12.7. The van der Waals surface area contributed by atoms with Crippen LogP contribution >= 0.6 is 35.0 Å². The molecular formula is C25H22Cl2N4OS. The zero-order chi connectivity index (χ0) is 23.5. The Morgan fingerprint density at radius 3 is 2.48 bits per heavy atom. The predicted octanol–water partition coefficient (Wildman–Crippen LogP) is 6.90. The number of hydrogen-bond acceptors (Lipinski definition) is 4. The molecule has 168 valence electrons. The summed E-state index contributed by atoms with van der Waals surface area (Å²) in [5.41, 5.74) is 5.67. The number of aryl methyl sites for hydroxylation is 3. The van der Waals surface area contributed by atoms with Gasteiger partial charge in [-0.05, 0) is 68.3 Å². The summed E-state index contributed by atoms with van der Waals surface area (Å²) in [6.45, 7) is 6.02. The number of amides is 1. The number of rotatable bonds is 6. The summed E-state index contributed by atoms with van der Waals surface area (Å²) in [7, 11) is 0. The Bertz CT molecular complexity index is 1340. The van der Waals surface area contributed by atoms with Crippen LogP contribution in [0, 0.1) is 20.8 Å². The Labute approximate surface area is 207 Å². The van der Waals surface area contributed by atoms with Crippen molar-refractivity contribution in [1.82, 2.24) is 14.8 Å². The summed E-state index contributed by atoms with van der Waals surface area (Å²) in [6.07, 6.45) is 0. The van der Waals surface area contributed by atoms with Crippen molar-refractivity contribution in [3.05, 3.63) is 87.4 Å². The molecule has 0 fully saturated rings. The number of carbonyl (C=O) groups excluding carboxylic acids is 1. The lowest BCUT2D eigenvalue weighted by atomic mass is 10.1. The van der Waals surface area contributed by atoms with E-state index >= 15 is 0 Å². The van der Waals surface area contributed by atoms with Crippen LogP contribution < -0.4 is 5.32 Å². The van der Waals surface area contributed by atoms with Gasteiger partial charge in [-0.1, -0.05) is 64.8 Å². The van der Waals surface area contributed by atoms with Gasteiger partial charge in [-0.15, -0.1) is 10.2 Å². The molecule has 4 aromatic rings. The molecule has 0 aliphatic heterocycles. The lowest BCUT2D eigenvalue weighted by Gasteiger charge is -2.12. The molecule has 1 N–H and O–H groups in total. The molecule has 33 heavy (non-hydrogen) atoms. The topological polar surface area (TPSA) is 59.8 Å². The molecule has 3 aromatic carbocycles. The molecule has 0 bridgehead atoms. The molecule has 0 aliphatic rings. The number of anilines is 1. The van der Waals surface area contributed by atoms with E-state index in [4.69, 9.17) is 23.2 Å². The van der Waals surface area contributed by atoms with Crippen molar-refractivity contribution in [2.24, 2.45) is 0 Å². The lowest BCUT2D eigenvalue weighted by molar-refractivity contribution is -0.113. The van der Waals surface area contributed by atoms with Crippen molar-refractivity contribution < 1.29 is 4.79 Å². The first-order valence-corrected chi connectivity index (χ1v) is 12.0. The Balaban J connectivity index is 1.64. The number of benzene rings is 3. The van der Waals surface area contributed by atoms with Crippen LogP contribution in [0.4, 0.5) is 5.69 Å². The van der Waals surface area contributed by atoms with Gasteiger partial charge in [0.1, 0.15) is 0 Å². The maximum absolute atomic E-state index is 12.7. The fourth-order valence-electron chi connectivity index (χ4n) is 3.48. The van der Waals surface area contributed by atoms with Crippen LogP contribution in [0.5, 0.6) is 0 Å². The van der Waals surface area contributed by atoms with Crippen LogP contribution in [0.3, 0.4) is 0 Å². The number of nitrogens with zero attached hydrogens (tertiary/aromatic N) is 3. The minimum absolute atomic E-state index is 0.114. The average molecular weight is 497 g/mol. The fraction of sp³-hybridized carbons (Fsp3) is 0.160. The van der Waals surface area contributed by atoms with E-state index in [0.717, 1.165) is 28.1 Å². The normalized spacial score (nSPS) is 10.9. The second-order valence-corrected chi connectivity index (χ2v) is 9.55. The van der Waals surface area contributed by atoms with Crippen molar-refractivity contribution in [1.29, 1.82) is 0 Å². The van der Waals surface area contributed by atoms with E-state index in [1.807, 2.05) is 73.9 Å². The number of aromatic nitrogens is 3. The molecule has 0 unspecified atom stereocenters. The monoisotopic (exact) mass is 496 g/mol. The molecular weight excluding hydrogens is 475 g/mol. The van der Waals surface area contributed by atoms with Gasteiger partial charge in [0.05, 0.1) is 10.8 Å². The van der Waals surface area contributed by atoms with Crippen molar-refractivity contribution >= 4 is 46.6 Å². The molecule has 0 radical (unpaired) electrons. The van der Waals surface area contributed by atoms with Gasteiger partial charge in [0.15, 0.2) is 11.0 Å². The quantitative estimate of drug-likeness (QED) is 0.295. The highest BCUT2D eigenvalue weighted by Gasteiger charge is 2.19. The van der Waals surface area contributed by atoms with E-state index in [2.05, 4.69) is 15.5 Å². The molecule has 0 saturated heterocycles. The van der Waals surface area contributed by atoms with Gasteiger partial charge in [0.2, 0.25) is 5.91 Å². The van der Waals surface area contributed by atoms with Crippen LogP contribution in [0.2, 0.25) is 10.0 Å². The Morgan fingerprint density at radius 2 is 1.76 bits per heavy atom. The zero-order valence-corrected chi connectivity index (χ0v) is 20.7. The maximum Gasteiger partial charge on any atom is 0.234 e. The van der Waals surface area contributed by atoms with Gasteiger partial charge in [-0.2, -0.15) is 0 Å². The van der Waals surface area contributed by atoms with E-state index < -0.39 is 0 Å². The molecule has 1 heterocycles. The van der Waals surface area contributed by atoms with Gasteiger partial charge in [-0.25, -0.2) is 0 Å². The van der Waals surface area contributed by atoms with Gasteiger partial charge in [-0.3, -0.25) is 9.36 Å². The molecule has 4 rings (SSSR count). The minimum atomic E-state index is -0.114. The van der Waals surface area contributed by atoms with Crippen molar-refractivity contribution in [2.75, 3.05) is 11.1 Å². The average Bonchev–Trinajstić information content (AvgIpc) is 3.18. The van der Waals surface area contributed by atoms with Crippen LogP contribution in [0.1, 0.15) is 16.7 Å². The summed E-state index contributed by atoms with van der Waals surface area (Å²) < 4.78 is 1.91. The number of carbonyl (C=O) groups is 1. The van der Waals surface area contributed by atoms with E-state index in [9.17, 15) is 4.79 Å². The highest BCUT2D eigenvalue weighted by Crippen LogP contribution is 2.33. The molecule has 1 amide bonds. The molecule has 0 spiro atoms. The Morgan fingerprint density at radius 1 is 0.970 bits per heavy atom. The van der Waals surface area contributed by atoms with E-state index in [1.165, 1.54) is 11.8 Å². The van der Waals surface area contributed by atoms with Gasteiger partial charge in [0.25, 0.3) is 0 Å². The third-order valence-electron chi connectivity index (χ3n) is 5.05. The smallest absolute Gasteiger partial charge is 0.234 e. The molecule has 1 aromatic heterocycles. The predicted molar refractivity (Wildman–Crippen MR) is 137 cm³/mol. The summed E-state index contributed by atoms with van der Waals surface area (Å²) in [6, 6.07) is 19.2. The SMILES string of the molecule is Cc1cccc(-n2c(SCC(=O)Nc3ccc(C)cc3C)nnc2-c2ccc(Cl)cc2Cl)c1. The number of halogens is 2. The van der Waals surface area contributed by atoms with E-state index in [-0.39, 0.29) is 11.7 Å². The van der Waals surface area contributed by atoms with E-state index in [0.29, 0.717) is 26.6 Å². The molecule has 5 nitrogen and oxygen atoms in total. The van der Waals surface area contributed by atoms with Gasteiger partial charge >= 0.3 is 0 Å². The largest absolute Gasteiger partial charge is 0.325 e. The minimum Gasteiger partial charge on any atom is -0.325 e. The fourth-order valence-corrected chi connectivity index (χ4v) is 4.72. The zero-order valence-electron chi connectivity index (χ0n) is 18.4. The van der Waals surface area contributed by atoms with Gasteiger partial charge in [0, 0.05) is 22.0 Å². The summed E-state index contributed by atoms with van der Waals surface area (Å²) >= 11 is 13.9. The third-order valence-corrected chi connectivity index (χ3v) is 6.53. The highest BCUT2D eigenvalue weighted by atomic mass is 35.5. The molecule has 0 saturated carbocycles. The van der Waals surface area contributed by atoms with Gasteiger partial charge < -0.3 is 5.32 Å². The van der Waals surface area contributed by atoms with Crippen LogP contribution in [0.25, 0.3) is 17.1 Å². The second-order valence-electron chi connectivity index (χ2n) is 7.76. The number of hydrogen-bond donors (Lipinski definition) is 1. The van der Waals surface area contributed by atoms with Crippen molar-refractivity contribution in [3.63, 3.8) is 0 Å². The molecule has 8 heteroatoms. The number of thioether (sulfide) groups is 1. The third kappa shape index (κ3) is 5.41. The highest BCUT2D eigenvalue weighted by molar-refractivity contribution is 7.99. The summed E-state index contributed by atoms with van der Waals surface area (Å²) in [5.74, 6) is 0.655. The number of nitrogens with one attached hydrogen (secondary N) is 1. The van der Waals surface area contributed by atoms with Crippen molar-refractivity contribution in [3.8, 4) is 17.1 Å². The van der Waals surface area contributed by atoms with Crippen LogP contribution in [-0.4, -0.2) is 26.4 Å².